The Hall–Kier alpha value is -1.68. The van der Waals surface area contributed by atoms with Gasteiger partial charge in [-0.05, 0) is 52.6 Å². The van der Waals surface area contributed by atoms with Gasteiger partial charge in [0.05, 0.1) is 0 Å². The minimum atomic E-state index is -2.47. The average Bonchev–Trinajstić information content (AvgIpc) is 2.68. The van der Waals surface area contributed by atoms with Gasteiger partial charge < -0.3 is 8.85 Å². The summed E-state index contributed by atoms with van der Waals surface area (Å²) in [5, 5.41) is 6.42. The van der Waals surface area contributed by atoms with Gasteiger partial charge in [0, 0.05) is 18.4 Å². The van der Waals surface area contributed by atoms with Crippen molar-refractivity contribution < 1.29 is 8.85 Å². The molecular formula is C23H30O2Si. The fourth-order valence-electron chi connectivity index (χ4n) is 3.64. The molecule has 0 bridgehead atoms. The van der Waals surface area contributed by atoms with E-state index >= 15 is 0 Å². The van der Waals surface area contributed by atoms with Crippen LogP contribution in [-0.4, -0.2) is 21.8 Å². The second kappa shape index (κ2) is 8.80. The molecule has 2 nitrogen and oxygen atoms in total. The van der Waals surface area contributed by atoms with E-state index in [4.69, 9.17) is 8.85 Å². The van der Waals surface area contributed by atoms with Crippen molar-refractivity contribution in [3.8, 4) is 0 Å². The maximum Gasteiger partial charge on any atom is 0.373 e. The van der Waals surface area contributed by atoms with Gasteiger partial charge in [0.15, 0.2) is 0 Å². The molecule has 0 aromatic heterocycles. The predicted molar refractivity (Wildman–Crippen MR) is 114 cm³/mol. The number of rotatable bonds is 9. The van der Waals surface area contributed by atoms with Crippen molar-refractivity contribution in [1.29, 1.82) is 0 Å². The third-order valence-electron chi connectivity index (χ3n) is 4.81. The van der Waals surface area contributed by atoms with Crippen LogP contribution in [0.4, 0.5) is 0 Å². The fraction of sp³-hybridized carbons (Fsp3) is 0.391. The van der Waals surface area contributed by atoms with Gasteiger partial charge in [-0.3, -0.25) is 0 Å². The lowest BCUT2D eigenvalue weighted by atomic mass is 10.0. The second-order valence-corrected chi connectivity index (χ2v) is 10.0. The molecule has 0 aliphatic carbocycles. The zero-order valence-corrected chi connectivity index (χ0v) is 17.3. The van der Waals surface area contributed by atoms with E-state index in [9.17, 15) is 0 Å². The topological polar surface area (TPSA) is 18.5 Å². The smallest absolute Gasteiger partial charge is 0.373 e. The van der Waals surface area contributed by atoms with Crippen molar-refractivity contribution >= 4 is 35.3 Å². The molecule has 3 aromatic carbocycles. The van der Waals surface area contributed by atoms with Crippen LogP contribution in [0.5, 0.6) is 0 Å². The molecule has 0 unspecified atom stereocenters. The molecule has 26 heavy (non-hydrogen) atoms. The minimum Gasteiger partial charge on any atom is -0.391 e. The Morgan fingerprint density at radius 1 is 0.692 bits per heavy atom. The summed E-state index contributed by atoms with van der Waals surface area (Å²) >= 11 is 0. The molecule has 0 radical (unpaired) electrons. The number of fused-ring (bicyclic) bond motifs is 2. The third kappa shape index (κ3) is 3.85. The Balaban J connectivity index is 2.20. The molecule has 0 spiro atoms. The van der Waals surface area contributed by atoms with Gasteiger partial charge in [0.1, 0.15) is 0 Å². The first-order valence-electron chi connectivity index (χ1n) is 9.94. The van der Waals surface area contributed by atoms with Crippen molar-refractivity contribution in [3.05, 3.63) is 54.6 Å². The largest absolute Gasteiger partial charge is 0.391 e. The fourth-order valence-corrected chi connectivity index (χ4v) is 7.29. The van der Waals surface area contributed by atoms with E-state index in [0.717, 1.165) is 38.5 Å². The van der Waals surface area contributed by atoms with Crippen LogP contribution in [0, 0.1) is 0 Å². The number of benzene rings is 3. The molecule has 138 valence electrons. The van der Waals surface area contributed by atoms with Crippen LogP contribution < -0.4 is 5.19 Å². The molecule has 0 heterocycles. The van der Waals surface area contributed by atoms with E-state index in [1.54, 1.807) is 0 Å². The molecule has 0 aliphatic heterocycles. The van der Waals surface area contributed by atoms with Gasteiger partial charge in [0.25, 0.3) is 0 Å². The molecule has 0 N–H and O–H groups in total. The van der Waals surface area contributed by atoms with E-state index in [2.05, 4.69) is 75.4 Å². The van der Waals surface area contributed by atoms with Gasteiger partial charge >= 0.3 is 8.56 Å². The normalized spacial score (nSPS) is 12.1. The maximum absolute atomic E-state index is 6.54. The Bertz CT molecular complexity index is 851. The highest BCUT2D eigenvalue weighted by Crippen LogP contribution is 2.26. The van der Waals surface area contributed by atoms with Gasteiger partial charge in [-0.2, -0.15) is 0 Å². The number of hydrogen-bond donors (Lipinski definition) is 0. The van der Waals surface area contributed by atoms with Gasteiger partial charge in [-0.15, -0.1) is 0 Å². The lowest BCUT2D eigenvalue weighted by Crippen LogP contribution is -2.54. The summed E-state index contributed by atoms with van der Waals surface area (Å²) in [6.07, 6.45) is 3.10. The van der Waals surface area contributed by atoms with Crippen molar-refractivity contribution in [2.75, 3.05) is 13.2 Å². The zero-order valence-electron chi connectivity index (χ0n) is 16.3. The molecule has 3 aromatic rings. The van der Waals surface area contributed by atoms with Crippen LogP contribution in [0.2, 0.25) is 6.04 Å². The van der Waals surface area contributed by atoms with Crippen molar-refractivity contribution in [1.82, 2.24) is 0 Å². The molecule has 0 amide bonds. The van der Waals surface area contributed by atoms with E-state index in [0.29, 0.717) is 0 Å². The van der Waals surface area contributed by atoms with Crippen LogP contribution in [-0.2, 0) is 8.85 Å². The Kier molecular flexibility index (Phi) is 6.46. The van der Waals surface area contributed by atoms with Crippen molar-refractivity contribution in [2.24, 2.45) is 0 Å². The van der Waals surface area contributed by atoms with Gasteiger partial charge in [-0.25, -0.2) is 0 Å². The van der Waals surface area contributed by atoms with E-state index in [-0.39, 0.29) is 0 Å². The molecule has 0 fully saturated rings. The number of hydrogen-bond acceptors (Lipinski definition) is 2. The van der Waals surface area contributed by atoms with Crippen LogP contribution in [0.25, 0.3) is 21.5 Å². The summed E-state index contributed by atoms with van der Waals surface area (Å²) in [6, 6.07) is 20.8. The SMILES string of the molecule is CCCO[Si](CCC)(OCCC)c1cccc2cc3ccccc3cc12. The molecule has 3 heteroatoms. The first-order valence-corrected chi connectivity index (χ1v) is 12.0. The average molecular weight is 367 g/mol. The summed E-state index contributed by atoms with van der Waals surface area (Å²) in [5.41, 5.74) is 0. The van der Waals surface area contributed by atoms with Gasteiger partial charge in [-0.1, -0.05) is 69.7 Å². The summed E-state index contributed by atoms with van der Waals surface area (Å²) in [4.78, 5) is 0. The molecule has 3 rings (SSSR count). The minimum absolute atomic E-state index is 0.764. The lowest BCUT2D eigenvalue weighted by molar-refractivity contribution is 0.179. The predicted octanol–water partition coefficient (Wildman–Crippen LogP) is 5.91. The quantitative estimate of drug-likeness (QED) is 0.346. The molecular weight excluding hydrogens is 336 g/mol. The Morgan fingerprint density at radius 3 is 1.92 bits per heavy atom. The van der Waals surface area contributed by atoms with E-state index in [1.807, 2.05) is 0 Å². The second-order valence-electron chi connectivity index (χ2n) is 6.93. The molecule has 0 saturated carbocycles. The van der Waals surface area contributed by atoms with Crippen LogP contribution in [0.15, 0.2) is 54.6 Å². The van der Waals surface area contributed by atoms with E-state index < -0.39 is 8.56 Å². The summed E-state index contributed by atoms with van der Waals surface area (Å²) in [6.45, 7) is 8.09. The zero-order chi connectivity index (χ0) is 18.4. The summed E-state index contributed by atoms with van der Waals surface area (Å²) in [5.74, 6) is 0. The van der Waals surface area contributed by atoms with Crippen LogP contribution in [0.3, 0.4) is 0 Å². The molecule has 0 atom stereocenters. The summed E-state index contributed by atoms with van der Waals surface area (Å²) in [7, 11) is -2.47. The van der Waals surface area contributed by atoms with Crippen molar-refractivity contribution in [3.63, 3.8) is 0 Å². The Morgan fingerprint density at radius 2 is 1.31 bits per heavy atom. The van der Waals surface area contributed by atoms with Crippen molar-refractivity contribution in [2.45, 2.75) is 46.1 Å². The third-order valence-corrected chi connectivity index (χ3v) is 8.57. The monoisotopic (exact) mass is 366 g/mol. The molecule has 0 aliphatic rings. The molecule has 0 saturated heterocycles. The standard InChI is InChI=1S/C23H30O2Si/c1-4-14-24-26(16-6-3,25-15-5-2)23-13-9-12-21-17-19-10-7-8-11-20(19)18-22(21)23/h7-13,17-18H,4-6,14-16H2,1-3H3. The van der Waals surface area contributed by atoms with Gasteiger partial charge in [0.2, 0.25) is 0 Å². The van der Waals surface area contributed by atoms with Crippen LogP contribution >= 0.6 is 0 Å². The highest BCUT2D eigenvalue weighted by atomic mass is 28.4. The Labute approximate surface area is 158 Å². The lowest BCUT2D eigenvalue weighted by Gasteiger charge is -2.32. The highest BCUT2D eigenvalue weighted by molar-refractivity contribution is 6.83. The highest BCUT2D eigenvalue weighted by Gasteiger charge is 2.40. The first kappa shape index (κ1) is 19.1. The first-order chi connectivity index (χ1) is 12.7. The maximum atomic E-state index is 6.54. The van der Waals surface area contributed by atoms with E-state index in [1.165, 1.54) is 26.7 Å². The van der Waals surface area contributed by atoms with Crippen LogP contribution in [0.1, 0.15) is 40.0 Å². The summed E-state index contributed by atoms with van der Waals surface area (Å²) < 4.78 is 13.1.